The van der Waals surface area contributed by atoms with E-state index in [2.05, 4.69) is 13.8 Å². The Morgan fingerprint density at radius 2 is 2.00 bits per heavy atom. The van der Waals surface area contributed by atoms with Crippen molar-refractivity contribution in [1.29, 1.82) is 0 Å². The van der Waals surface area contributed by atoms with E-state index >= 15 is 0 Å². The van der Waals surface area contributed by atoms with Crippen molar-refractivity contribution >= 4 is 5.97 Å². The fourth-order valence-electron chi connectivity index (χ4n) is 6.37. The van der Waals surface area contributed by atoms with Gasteiger partial charge in [-0.2, -0.15) is 0 Å². The van der Waals surface area contributed by atoms with Gasteiger partial charge in [0.25, 0.3) is 0 Å². The highest BCUT2D eigenvalue weighted by Crippen LogP contribution is 2.63. The van der Waals surface area contributed by atoms with Gasteiger partial charge in [-0.05, 0) is 79.0 Å². The molecule has 1 aromatic rings. The second-order valence-corrected chi connectivity index (χ2v) is 8.37. The zero-order valence-electron chi connectivity index (χ0n) is 14.3. The summed E-state index contributed by atoms with van der Waals surface area (Å²) in [6.07, 6.45) is 3.42. The van der Waals surface area contributed by atoms with Gasteiger partial charge in [0.15, 0.2) is 0 Å². The molecule has 2 fully saturated rings. The SMILES string of the molecule is Cc1ccc(O)c2c1C1C(CC2)C2CC[C@H](C(=O)O)[C@@]2(C)C[C@@H]1O. The van der Waals surface area contributed by atoms with Crippen LogP contribution in [0.1, 0.15) is 55.2 Å². The zero-order chi connectivity index (χ0) is 17.2. The summed E-state index contributed by atoms with van der Waals surface area (Å²) in [6.45, 7) is 4.13. The van der Waals surface area contributed by atoms with Crippen LogP contribution in [0.15, 0.2) is 12.1 Å². The Labute approximate surface area is 142 Å². The van der Waals surface area contributed by atoms with Crippen LogP contribution in [0, 0.1) is 30.1 Å². The third kappa shape index (κ3) is 1.98. The number of fused-ring (bicyclic) bond motifs is 5. The summed E-state index contributed by atoms with van der Waals surface area (Å²) >= 11 is 0. The van der Waals surface area contributed by atoms with E-state index in [1.807, 2.05) is 6.07 Å². The standard InChI is InChI=1S/C20H26O4/c1-10-3-8-15(21)12-5-4-11-13-6-7-14(19(23)24)20(13,2)9-16(22)18(11)17(10)12/h3,8,11,13-14,16,18,21-22H,4-7,9H2,1-2H3,(H,23,24)/t11?,13?,14-,16+,18?,20+/m1/s1. The maximum absolute atomic E-state index is 11.7. The van der Waals surface area contributed by atoms with E-state index in [0.717, 1.165) is 42.4 Å². The van der Waals surface area contributed by atoms with Gasteiger partial charge in [-0.3, -0.25) is 4.79 Å². The number of phenols is 1. The molecule has 3 aliphatic carbocycles. The number of benzene rings is 1. The highest BCUT2D eigenvalue weighted by atomic mass is 16.4. The van der Waals surface area contributed by atoms with Crippen molar-refractivity contribution in [3.8, 4) is 5.75 Å². The molecule has 0 aromatic heterocycles. The molecule has 4 nitrogen and oxygen atoms in total. The Morgan fingerprint density at radius 3 is 2.71 bits per heavy atom. The predicted molar refractivity (Wildman–Crippen MR) is 90.0 cm³/mol. The Balaban J connectivity index is 1.79. The van der Waals surface area contributed by atoms with Crippen molar-refractivity contribution in [3.63, 3.8) is 0 Å². The number of carboxylic acids is 1. The minimum Gasteiger partial charge on any atom is -0.508 e. The summed E-state index contributed by atoms with van der Waals surface area (Å²) in [4.78, 5) is 11.7. The van der Waals surface area contributed by atoms with E-state index in [1.54, 1.807) is 6.07 Å². The topological polar surface area (TPSA) is 77.8 Å². The average Bonchev–Trinajstić information content (AvgIpc) is 2.87. The van der Waals surface area contributed by atoms with Crippen LogP contribution in [-0.2, 0) is 11.2 Å². The van der Waals surface area contributed by atoms with Crippen molar-refractivity contribution in [3.05, 3.63) is 28.8 Å². The van der Waals surface area contributed by atoms with E-state index < -0.39 is 12.1 Å². The molecule has 0 saturated heterocycles. The molecule has 3 unspecified atom stereocenters. The first-order chi connectivity index (χ1) is 11.3. The minimum atomic E-state index is -0.712. The second kappa shape index (κ2) is 5.22. The quantitative estimate of drug-likeness (QED) is 0.739. The monoisotopic (exact) mass is 330 g/mol. The number of aliphatic hydroxyl groups is 1. The molecule has 3 N–H and O–H groups in total. The lowest BCUT2D eigenvalue weighted by Gasteiger charge is -2.52. The smallest absolute Gasteiger partial charge is 0.307 e. The molecule has 24 heavy (non-hydrogen) atoms. The van der Waals surface area contributed by atoms with Gasteiger partial charge in [0.2, 0.25) is 0 Å². The van der Waals surface area contributed by atoms with Gasteiger partial charge in [-0.25, -0.2) is 0 Å². The van der Waals surface area contributed by atoms with Crippen molar-refractivity contribution in [2.75, 3.05) is 0 Å². The van der Waals surface area contributed by atoms with Gasteiger partial charge in [-0.1, -0.05) is 13.0 Å². The van der Waals surface area contributed by atoms with Crippen LogP contribution in [0.5, 0.6) is 5.75 Å². The number of carbonyl (C=O) groups is 1. The Kier molecular flexibility index (Phi) is 3.47. The molecule has 0 spiro atoms. The summed E-state index contributed by atoms with van der Waals surface area (Å²) in [5, 5.41) is 30.9. The Morgan fingerprint density at radius 1 is 1.25 bits per heavy atom. The molecule has 130 valence electrons. The van der Waals surface area contributed by atoms with Crippen LogP contribution in [0.4, 0.5) is 0 Å². The number of hydrogen-bond acceptors (Lipinski definition) is 3. The highest BCUT2D eigenvalue weighted by Gasteiger charge is 2.59. The first-order valence-electron chi connectivity index (χ1n) is 9.07. The molecule has 6 atom stereocenters. The maximum atomic E-state index is 11.7. The van der Waals surface area contributed by atoms with Crippen LogP contribution in [0.2, 0.25) is 0 Å². The van der Waals surface area contributed by atoms with Crippen LogP contribution >= 0.6 is 0 Å². The average molecular weight is 330 g/mol. The molecule has 0 radical (unpaired) electrons. The van der Waals surface area contributed by atoms with E-state index in [0.29, 0.717) is 24.0 Å². The molecular weight excluding hydrogens is 304 g/mol. The van der Waals surface area contributed by atoms with Gasteiger partial charge < -0.3 is 15.3 Å². The van der Waals surface area contributed by atoms with Gasteiger partial charge in [0.05, 0.1) is 12.0 Å². The molecule has 0 amide bonds. The van der Waals surface area contributed by atoms with Crippen LogP contribution < -0.4 is 0 Å². The number of aliphatic hydroxyl groups excluding tert-OH is 1. The number of phenolic OH excluding ortho intramolecular Hbond substituents is 1. The first-order valence-corrected chi connectivity index (χ1v) is 9.07. The van der Waals surface area contributed by atoms with Gasteiger partial charge in [-0.15, -0.1) is 0 Å². The summed E-state index contributed by atoms with van der Waals surface area (Å²) in [7, 11) is 0. The molecule has 0 heterocycles. The summed E-state index contributed by atoms with van der Waals surface area (Å²) in [6, 6.07) is 3.69. The predicted octanol–water partition coefficient (Wildman–Crippen LogP) is 3.23. The third-order valence-corrected chi connectivity index (χ3v) is 7.36. The van der Waals surface area contributed by atoms with Crippen molar-refractivity contribution in [2.45, 2.75) is 58.0 Å². The minimum absolute atomic E-state index is 0.0338. The van der Waals surface area contributed by atoms with Crippen molar-refractivity contribution in [2.24, 2.45) is 23.2 Å². The molecule has 1 aromatic carbocycles. The summed E-state index contributed by atoms with van der Waals surface area (Å²) in [5.74, 6) is -0.0191. The summed E-state index contributed by atoms with van der Waals surface area (Å²) in [5.41, 5.74) is 2.94. The Bertz CT molecular complexity index is 697. The van der Waals surface area contributed by atoms with E-state index in [-0.39, 0.29) is 17.3 Å². The third-order valence-electron chi connectivity index (χ3n) is 7.36. The molecule has 0 aliphatic heterocycles. The number of aryl methyl sites for hydroxylation is 1. The number of aliphatic carboxylic acids is 1. The second-order valence-electron chi connectivity index (χ2n) is 8.37. The van der Waals surface area contributed by atoms with E-state index in [1.165, 1.54) is 0 Å². The van der Waals surface area contributed by atoms with Crippen molar-refractivity contribution < 1.29 is 20.1 Å². The largest absolute Gasteiger partial charge is 0.508 e. The molecule has 2 saturated carbocycles. The molecule has 3 aliphatic rings. The molecular formula is C20H26O4. The van der Waals surface area contributed by atoms with E-state index in [4.69, 9.17) is 0 Å². The number of aromatic hydroxyl groups is 1. The number of carboxylic acid groups (broad SMARTS) is 1. The van der Waals surface area contributed by atoms with E-state index in [9.17, 15) is 20.1 Å². The lowest BCUT2D eigenvalue weighted by atomic mass is 9.53. The fourth-order valence-corrected chi connectivity index (χ4v) is 6.37. The highest BCUT2D eigenvalue weighted by molar-refractivity contribution is 5.71. The zero-order valence-corrected chi connectivity index (χ0v) is 14.3. The lowest BCUT2D eigenvalue weighted by molar-refractivity contribution is -0.149. The lowest BCUT2D eigenvalue weighted by Crippen LogP contribution is -2.50. The fraction of sp³-hybridized carbons (Fsp3) is 0.650. The normalized spacial score (nSPS) is 40.5. The van der Waals surface area contributed by atoms with Gasteiger partial charge in [0, 0.05) is 5.92 Å². The maximum Gasteiger partial charge on any atom is 0.307 e. The van der Waals surface area contributed by atoms with Crippen molar-refractivity contribution in [1.82, 2.24) is 0 Å². The molecule has 4 heteroatoms. The Hall–Kier alpha value is -1.55. The number of rotatable bonds is 1. The van der Waals surface area contributed by atoms with Gasteiger partial charge >= 0.3 is 5.97 Å². The van der Waals surface area contributed by atoms with Gasteiger partial charge in [0.1, 0.15) is 5.75 Å². The van der Waals surface area contributed by atoms with Crippen LogP contribution in [0.3, 0.4) is 0 Å². The first kappa shape index (κ1) is 15.9. The number of hydrogen-bond donors (Lipinski definition) is 3. The van der Waals surface area contributed by atoms with Crippen LogP contribution in [-0.4, -0.2) is 27.4 Å². The molecule has 0 bridgehead atoms. The summed E-state index contributed by atoms with van der Waals surface area (Å²) < 4.78 is 0. The molecule has 4 rings (SSSR count). The van der Waals surface area contributed by atoms with Crippen LogP contribution in [0.25, 0.3) is 0 Å².